The van der Waals surface area contributed by atoms with Gasteiger partial charge >= 0.3 is 0 Å². The first-order valence-corrected chi connectivity index (χ1v) is 11.8. The highest BCUT2D eigenvalue weighted by Gasteiger charge is 2.40. The van der Waals surface area contributed by atoms with Crippen molar-refractivity contribution in [1.29, 1.82) is 0 Å². The van der Waals surface area contributed by atoms with Gasteiger partial charge in [-0.25, -0.2) is 0 Å². The third-order valence-corrected chi connectivity index (χ3v) is 6.72. The zero-order valence-corrected chi connectivity index (χ0v) is 18.4. The van der Waals surface area contributed by atoms with E-state index in [9.17, 15) is 14.4 Å². The third kappa shape index (κ3) is 5.45. The first-order chi connectivity index (χ1) is 15.1. The van der Waals surface area contributed by atoms with Crippen molar-refractivity contribution in [2.45, 2.75) is 57.5 Å². The van der Waals surface area contributed by atoms with Gasteiger partial charge in [0.25, 0.3) is 5.91 Å². The molecule has 3 fully saturated rings. The average Bonchev–Trinajstić information content (AvgIpc) is 2.81. The quantitative estimate of drug-likeness (QED) is 0.677. The molecule has 168 valence electrons. The standard InChI is InChI=1S/C24H34N4O3/c29-22-18-27(24(31)21-7-2-5-16-28(21)22)17-19-8-10-20(11-9-19)23(30)25-12-6-15-26-13-3-1-4-14-26/h8-11,21H,1-7,12-18H2,(H,25,30)/t21-/m1/s1. The summed E-state index contributed by atoms with van der Waals surface area (Å²) in [5.74, 6) is 0.0342. The van der Waals surface area contributed by atoms with E-state index >= 15 is 0 Å². The van der Waals surface area contributed by atoms with Crippen molar-refractivity contribution >= 4 is 17.7 Å². The van der Waals surface area contributed by atoms with Crippen molar-refractivity contribution in [2.75, 3.05) is 39.3 Å². The Morgan fingerprint density at radius 1 is 0.968 bits per heavy atom. The molecule has 1 aromatic carbocycles. The molecule has 3 aliphatic heterocycles. The molecule has 0 aliphatic carbocycles. The molecule has 0 spiro atoms. The third-order valence-electron chi connectivity index (χ3n) is 6.72. The fourth-order valence-electron chi connectivity index (χ4n) is 4.93. The number of carbonyl (C=O) groups excluding carboxylic acids is 3. The molecular formula is C24H34N4O3. The van der Waals surface area contributed by atoms with Gasteiger partial charge in [0.1, 0.15) is 12.6 Å². The number of rotatable bonds is 7. The molecule has 0 bridgehead atoms. The van der Waals surface area contributed by atoms with Crippen LogP contribution in [0.1, 0.15) is 60.9 Å². The molecule has 3 heterocycles. The summed E-state index contributed by atoms with van der Waals surface area (Å²) in [6.07, 6.45) is 7.62. The molecule has 3 amide bonds. The van der Waals surface area contributed by atoms with Gasteiger partial charge in [0.2, 0.25) is 11.8 Å². The van der Waals surface area contributed by atoms with E-state index < -0.39 is 0 Å². The van der Waals surface area contributed by atoms with Crippen LogP contribution in [0.15, 0.2) is 24.3 Å². The number of fused-ring (bicyclic) bond motifs is 1. The van der Waals surface area contributed by atoms with E-state index in [0.717, 1.165) is 37.8 Å². The molecule has 3 saturated heterocycles. The van der Waals surface area contributed by atoms with Crippen molar-refractivity contribution in [1.82, 2.24) is 20.0 Å². The number of nitrogens with zero attached hydrogens (tertiary/aromatic N) is 3. The lowest BCUT2D eigenvalue weighted by Crippen LogP contribution is -2.60. The topological polar surface area (TPSA) is 73.0 Å². The maximum absolute atomic E-state index is 12.8. The van der Waals surface area contributed by atoms with Crippen molar-refractivity contribution in [3.8, 4) is 0 Å². The van der Waals surface area contributed by atoms with Crippen molar-refractivity contribution in [2.24, 2.45) is 0 Å². The predicted molar refractivity (Wildman–Crippen MR) is 118 cm³/mol. The molecular weight excluding hydrogens is 392 g/mol. The Labute approximate surface area is 184 Å². The lowest BCUT2D eigenvalue weighted by atomic mass is 9.98. The highest BCUT2D eigenvalue weighted by atomic mass is 16.2. The highest BCUT2D eigenvalue weighted by Crippen LogP contribution is 2.24. The first-order valence-electron chi connectivity index (χ1n) is 11.8. The Balaban J connectivity index is 1.24. The summed E-state index contributed by atoms with van der Waals surface area (Å²) in [5.41, 5.74) is 1.56. The Kier molecular flexibility index (Phi) is 7.22. The van der Waals surface area contributed by atoms with Gasteiger partial charge in [-0.05, 0) is 75.9 Å². The molecule has 4 rings (SSSR count). The second kappa shape index (κ2) is 10.3. The van der Waals surface area contributed by atoms with Crippen LogP contribution in [0, 0.1) is 0 Å². The normalized spacial score (nSPS) is 22.4. The van der Waals surface area contributed by atoms with E-state index in [1.807, 2.05) is 12.1 Å². The lowest BCUT2D eigenvalue weighted by Gasteiger charge is -2.42. The molecule has 7 heteroatoms. The van der Waals surface area contributed by atoms with Gasteiger partial charge in [-0.1, -0.05) is 18.6 Å². The summed E-state index contributed by atoms with van der Waals surface area (Å²) in [6, 6.07) is 7.09. The zero-order valence-electron chi connectivity index (χ0n) is 18.4. The first kappa shape index (κ1) is 21.8. The van der Waals surface area contributed by atoms with Crippen LogP contribution in [0.3, 0.4) is 0 Å². The molecule has 0 saturated carbocycles. The van der Waals surface area contributed by atoms with E-state index in [1.54, 1.807) is 21.9 Å². The second-order valence-electron chi connectivity index (χ2n) is 9.00. The Morgan fingerprint density at radius 2 is 1.71 bits per heavy atom. The zero-order chi connectivity index (χ0) is 21.6. The molecule has 1 aromatic rings. The minimum atomic E-state index is -0.287. The SMILES string of the molecule is O=C(NCCCN1CCCCC1)c1ccc(CN2CC(=O)N3CCCC[C@@H]3C2=O)cc1. The maximum Gasteiger partial charge on any atom is 0.251 e. The molecule has 3 aliphatic rings. The number of likely N-dealkylation sites (tertiary alicyclic amines) is 1. The van der Waals surface area contributed by atoms with Crippen LogP contribution in [0.2, 0.25) is 0 Å². The van der Waals surface area contributed by atoms with Crippen LogP contribution >= 0.6 is 0 Å². The number of amides is 3. The van der Waals surface area contributed by atoms with Crippen LogP contribution in [-0.4, -0.2) is 77.7 Å². The maximum atomic E-state index is 12.8. The van der Waals surface area contributed by atoms with E-state index in [4.69, 9.17) is 0 Å². The second-order valence-corrected chi connectivity index (χ2v) is 9.00. The van der Waals surface area contributed by atoms with Crippen LogP contribution < -0.4 is 5.32 Å². The fraction of sp³-hybridized carbons (Fsp3) is 0.625. The Morgan fingerprint density at radius 3 is 2.48 bits per heavy atom. The number of hydrogen-bond acceptors (Lipinski definition) is 4. The summed E-state index contributed by atoms with van der Waals surface area (Å²) in [4.78, 5) is 43.5. The monoisotopic (exact) mass is 426 g/mol. The van der Waals surface area contributed by atoms with Crippen LogP contribution in [0.25, 0.3) is 0 Å². The molecule has 1 atom stereocenters. The predicted octanol–water partition coefficient (Wildman–Crippen LogP) is 2.02. The number of piperidine rings is 2. The molecule has 0 unspecified atom stereocenters. The van der Waals surface area contributed by atoms with Gasteiger partial charge in [0.05, 0.1) is 0 Å². The molecule has 1 N–H and O–H groups in total. The minimum absolute atomic E-state index is 0.0462. The molecule has 0 aromatic heterocycles. The van der Waals surface area contributed by atoms with E-state index in [0.29, 0.717) is 25.2 Å². The minimum Gasteiger partial charge on any atom is -0.352 e. The Hall–Kier alpha value is -2.41. The average molecular weight is 427 g/mol. The van der Waals surface area contributed by atoms with Crippen molar-refractivity contribution in [3.63, 3.8) is 0 Å². The van der Waals surface area contributed by atoms with Gasteiger partial charge in [-0.2, -0.15) is 0 Å². The van der Waals surface area contributed by atoms with Gasteiger partial charge < -0.3 is 20.0 Å². The van der Waals surface area contributed by atoms with Gasteiger partial charge in [0.15, 0.2) is 0 Å². The van der Waals surface area contributed by atoms with Crippen LogP contribution in [0.5, 0.6) is 0 Å². The number of nitrogens with one attached hydrogen (secondary N) is 1. The summed E-state index contributed by atoms with van der Waals surface area (Å²) in [6.45, 7) is 5.34. The highest BCUT2D eigenvalue weighted by molar-refractivity contribution is 5.95. The number of benzene rings is 1. The van der Waals surface area contributed by atoms with E-state index in [-0.39, 0.29) is 30.3 Å². The number of carbonyl (C=O) groups is 3. The number of hydrogen-bond donors (Lipinski definition) is 1. The van der Waals surface area contributed by atoms with Crippen molar-refractivity contribution < 1.29 is 14.4 Å². The molecule has 0 radical (unpaired) electrons. The summed E-state index contributed by atoms with van der Waals surface area (Å²) in [7, 11) is 0. The fourth-order valence-corrected chi connectivity index (χ4v) is 4.93. The largest absolute Gasteiger partial charge is 0.352 e. The van der Waals surface area contributed by atoms with Gasteiger partial charge in [-0.3, -0.25) is 14.4 Å². The summed E-state index contributed by atoms with van der Waals surface area (Å²) < 4.78 is 0. The van der Waals surface area contributed by atoms with Gasteiger partial charge in [-0.15, -0.1) is 0 Å². The van der Waals surface area contributed by atoms with E-state index in [1.165, 1.54) is 32.4 Å². The lowest BCUT2D eigenvalue weighted by molar-refractivity contribution is -0.158. The molecule has 31 heavy (non-hydrogen) atoms. The summed E-state index contributed by atoms with van der Waals surface area (Å²) in [5, 5.41) is 3.00. The van der Waals surface area contributed by atoms with Crippen LogP contribution in [-0.2, 0) is 16.1 Å². The van der Waals surface area contributed by atoms with Gasteiger partial charge in [0, 0.05) is 25.2 Å². The smallest absolute Gasteiger partial charge is 0.251 e. The Bertz CT molecular complexity index is 789. The van der Waals surface area contributed by atoms with Crippen LogP contribution in [0.4, 0.5) is 0 Å². The summed E-state index contributed by atoms with van der Waals surface area (Å²) >= 11 is 0. The van der Waals surface area contributed by atoms with Crippen molar-refractivity contribution in [3.05, 3.63) is 35.4 Å². The number of piperazine rings is 1. The molecule has 7 nitrogen and oxygen atoms in total. The van der Waals surface area contributed by atoms with E-state index in [2.05, 4.69) is 10.2 Å².